The first-order valence-corrected chi connectivity index (χ1v) is 11.3. The first-order chi connectivity index (χ1) is 14.6. The van der Waals surface area contributed by atoms with E-state index in [-0.39, 0.29) is 5.91 Å². The lowest BCUT2D eigenvalue weighted by molar-refractivity contribution is -0.128. The standard InChI is InChI=1S/C26H34N2O2/c1-27(2)26(29)10-8-20-3-5-21(6-4-20)17-22-11-14-28(15-12-22)19-23-7-9-25-24(18-23)13-16-30-25/h3-7,9,18,22H,8,10-17,19H2,1-2H3. The van der Waals surface area contributed by atoms with Crippen molar-refractivity contribution in [2.75, 3.05) is 33.8 Å². The van der Waals surface area contributed by atoms with Gasteiger partial charge >= 0.3 is 0 Å². The molecule has 2 aliphatic heterocycles. The Labute approximate surface area is 180 Å². The number of ether oxygens (including phenoxy) is 1. The molecular weight excluding hydrogens is 372 g/mol. The molecule has 0 spiro atoms. The van der Waals surface area contributed by atoms with Gasteiger partial charge < -0.3 is 9.64 Å². The summed E-state index contributed by atoms with van der Waals surface area (Å²) >= 11 is 0. The molecule has 1 amide bonds. The molecule has 30 heavy (non-hydrogen) atoms. The van der Waals surface area contributed by atoms with Crippen molar-refractivity contribution in [2.45, 2.75) is 45.1 Å². The highest BCUT2D eigenvalue weighted by Crippen LogP contribution is 2.28. The van der Waals surface area contributed by atoms with E-state index in [2.05, 4.69) is 47.4 Å². The van der Waals surface area contributed by atoms with E-state index < -0.39 is 0 Å². The number of nitrogens with zero attached hydrogens (tertiary/aromatic N) is 2. The van der Waals surface area contributed by atoms with Gasteiger partial charge in [-0.05, 0) is 73.0 Å². The number of piperidine rings is 1. The van der Waals surface area contributed by atoms with E-state index >= 15 is 0 Å². The fourth-order valence-electron chi connectivity index (χ4n) is 4.60. The van der Waals surface area contributed by atoms with Gasteiger partial charge in [0.25, 0.3) is 0 Å². The number of amides is 1. The van der Waals surface area contributed by atoms with Gasteiger partial charge in [0.15, 0.2) is 0 Å². The number of likely N-dealkylation sites (tertiary alicyclic amines) is 1. The molecule has 0 unspecified atom stereocenters. The lowest BCUT2D eigenvalue weighted by atomic mass is 9.89. The Morgan fingerprint density at radius 2 is 1.73 bits per heavy atom. The molecule has 2 aromatic rings. The average Bonchev–Trinajstić information content (AvgIpc) is 3.22. The summed E-state index contributed by atoms with van der Waals surface area (Å²) in [6.07, 6.45) is 6.17. The summed E-state index contributed by atoms with van der Waals surface area (Å²) in [5, 5.41) is 0. The first-order valence-electron chi connectivity index (χ1n) is 11.3. The van der Waals surface area contributed by atoms with Crippen LogP contribution in [-0.2, 0) is 30.6 Å². The van der Waals surface area contributed by atoms with Crippen molar-refractivity contribution in [1.82, 2.24) is 9.80 Å². The van der Waals surface area contributed by atoms with E-state index in [0.29, 0.717) is 6.42 Å². The van der Waals surface area contributed by atoms with Gasteiger partial charge in [-0.3, -0.25) is 9.69 Å². The quantitative estimate of drug-likeness (QED) is 0.694. The van der Waals surface area contributed by atoms with Crippen LogP contribution in [0.1, 0.15) is 41.5 Å². The van der Waals surface area contributed by atoms with Crippen LogP contribution in [0.3, 0.4) is 0 Å². The Morgan fingerprint density at radius 3 is 2.47 bits per heavy atom. The third-order valence-corrected chi connectivity index (χ3v) is 6.54. The highest BCUT2D eigenvalue weighted by molar-refractivity contribution is 5.75. The van der Waals surface area contributed by atoms with Crippen LogP contribution in [0.25, 0.3) is 0 Å². The summed E-state index contributed by atoms with van der Waals surface area (Å²) in [4.78, 5) is 16.0. The van der Waals surface area contributed by atoms with Gasteiger partial charge in [-0.25, -0.2) is 0 Å². The molecule has 1 fully saturated rings. The smallest absolute Gasteiger partial charge is 0.222 e. The summed E-state index contributed by atoms with van der Waals surface area (Å²) in [7, 11) is 3.63. The SMILES string of the molecule is CN(C)C(=O)CCc1ccc(CC2CCN(Cc3ccc4c(c3)CCO4)CC2)cc1. The second-order valence-electron chi connectivity index (χ2n) is 9.07. The Morgan fingerprint density at radius 1 is 1.03 bits per heavy atom. The topological polar surface area (TPSA) is 32.8 Å². The number of aryl methyl sites for hydroxylation is 1. The van der Waals surface area contributed by atoms with E-state index in [0.717, 1.165) is 37.7 Å². The number of hydrogen-bond donors (Lipinski definition) is 0. The minimum atomic E-state index is 0.194. The molecule has 0 aliphatic carbocycles. The number of carbonyl (C=O) groups is 1. The zero-order valence-electron chi connectivity index (χ0n) is 18.4. The van der Waals surface area contributed by atoms with Crippen LogP contribution in [0.4, 0.5) is 0 Å². The third-order valence-electron chi connectivity index (χ3n) is 6.54. The zero-order valence-corrected chi connectivity index (χ0v) is 18.4. The van der Waals surface area contributed by atoms with Crippen LogP contribution >= 0.6 is 0 Å². The third kappa shape index (κ3) is 5.42. The van der Waals surface area contributed by atoms with Crippen molar-refractivity contribution < 1.29 is 9.53 Å². The molecule has 4 nitrogen and oxygen atoms in total. The van der Waals surface area contributed by atoms with Gasteiger partial charge in [0.1, 0.15) is 5.75 Å². The fourth-order valence-corrected chi connectivity index (χ4v) is 4.60. The molecule has 4 rings (SSSR count). The highest BCUT2D eigenvalue weighted by atomic mass is 16.5. The number of hydrogen-bond acceptors (Lipinski definition) is 3. The summed E-state index contributed by atoms with van der Waals surface area (Å²) < 4.78 is 5.62. The molecule has 0 saturated carbocycles. The Hall–Kier alpha value is -2.33. The highest BCUT2D eigenvalue weighted by Gasteiger charge is 2.20. The number of fused-ring (bicyclic) bond motifs is 1. The molecule has 0 bridgehead atoms. The van der Waals surface area contributed by atoms with Gasteiger partial charge in [0, 0.05) is 33.5 Å². The molecule has 4 heteroatoms. The van der Waals surface area contributed by atoms with Gasteiger partial charge in [-0.2, -0.15) is 0 Å². The fraction of sp³-hybridized carbons (Fsp3) is 0.500. The monoisotopic (exact) mass is 406 g/mol. The maximum atomic E-state index is 11.8. The molecule has 2 heterocycles. The maximum absolute atomic E-state index is 11.8. The van der Waals surface area contributed by atoms with Crippen molar-refractivity contribution >= 4 is 5.91 Å². The predicted octanol–water partition coefficient (Wildman–Crippen LogP) is 4.10. The van der Waals surface area contributed by atoms with Crippen LogP contribution in [0.15, 0.2) is 42.5 Å². The van der Waals surface area contributed by atoms with Gasteiger partial charge in [-0.1, -0.05) is 36.4 Å². The van der Waals surface area contributed by atoms with Crippen molar-refractivity contribution in [2.24, 2.45) is 5.92 Å². The molecule has 2 aromatic carbocycles. The molecule has 0 aromatic heterocycles. The van der Waals surface area contributed by atoms with Crippen LogP contribution in [0.2, 0.25) is 0 Å². The summed E-state index contributed by atoms with van der Waals surface area (Å²) in [5.41, 5.74) is 5.47. The maximum Gasteiger partial charge on any atom is 0.222 e. The molecule has 0 atom stereocenters. The summed E-state index contributed by atoms with van der Waals surface area (Å²) in [6, 6.07) is 15.6. The second-order valence-corrected chi connectivity index (χ2v) is 9.07. The van der Waals surface area contributed by atoms with E-state index in [1.165, 1.54) is 54.6 Å². The minimum Gasteiger partial charge on any atom is -0.493 e. The number of benzene rings is 2. The Balaban J connectivity index is 1.21. The normalized spacial score (nSPS) is 16.9. The number of carbonyl (C=O) groups excluding carboxylic acids is 1. The van der Waals surface area contributed by atoms with Gasteiger partial charge in [0.05, 0.1) is 6.61 Å². The molecule has 0 N–H and O–H groups in total. The Bertz CT molecular complexity index is 852. The molecule has 2 aliphatic rings. The average molecular weight is 407 g/mol. The van der Waals surface area contributed by atoms with Crippen molar-refractivity contribution in [3.8, 4) is 5.75 Å². The van der Waals surface area contributed by atoms with E-state index in [1.54, 1.807) is 4.90 Å². The lowest BCUT2D eigenvalue weighted by Gasteiger charge is -2.32. The lowest BCUT2D eigenvalue weighted by Crippen LogP contribution is -2.33. The Kier molecular flexibility index (Phi) is 6.73. The van der Waals surface area contributed by atoms with Gasteiger partial charge in [-0.15, -0.1) is 0 Å². The van der Waals surface area contributed by atoms with E-state index in [1.807, 2.05) is 14.1 Å². The van der Waals surface area contributed by atoms with E-state index in [9.17, 15) is 4.79 Å². The van der Waals surface area contributed by atoms with Crippen molar-refractivity contribution in [3.05, 3.63) is 64.7 Å². The predicted molar refractivity (Wildman–Crippen MR) is 121 cm³/mol. The summed E-state index contributed by atoms with van der Waals surface area (Å²) in [5.74, 6) is 2.04. The second kappa shape index (κ2) is 9.65. The van der Waals surface area contributed by atoms with Crippen LogP contribution in [0.5, 0.6) is 5.75 Å². The van der Waals surface area contributed by atoms with Crippen LogP contribution in [-0.4, -0.2) is 49.5 Å². The van der Waals surface area contributed by atoms with Crippen LogP contribution < -0.4 is 4.74 Å². The minimum absolute atomic E-state index is 0.194. The zero-order chi connectivity index (χ0) is 20.9. The van der Waals surface area contributed by atoms with E-state index in [4.69, 9.17) is 4.74 Å². The summed E-state index contributed by atoms with van der Waals surface area (Å²) in [6.45, 7) is 4.26. The number of rotatable bonds is 7. The first kappa shape index (κ1) is 20.9. The largest absolute Gasteiger partial charge is 0.493 e. The van der Waals surface area contributed by atoms with Crippen molar-refractivity contribution in [3.63, 3.8) is 0 Å². The molecular formula is C26H34N2O2. The van der Waals surface area contributed by atoms with Crippen molar-refractivity contribution in [1.29, 1.82) is 0 Å². The molecule has 1 saturated heterocycles. The van der Waals surface area contributed by atoms with Crippen LogP contribution in [0, 0.1) is 5.92 Å². The van der Waals surface area contributed by atoms with Gasteiger partial charge in [0.2, 0.25) is 5.91 Å². The molecule has 160 valence electrons. The molecule has 0 radical (unpaired) electrons.